The number of hydrogen-bond acceptors (Lipinski definition) is 6. The summed E-state index contributed by atoms with van der Waals surface area (Å²) in [7, 11) is 0. The molecule has 2 amide bonds. The van der Waals surface area contributed by atoms with Crippen molar-refractivity contribution in [3.8, 4) is 6.07 Å². The molecule has 164 valence electrons. The van der Waals surface area contributed by atoms with Crippen molar-refractivity contribution in [2.24, 2.45) is 0 Å². The molecule has 0 saturated carbocycles. The van der Waals surface area contributed by atoms with Crippen molar-refractivity contribution in [1.82, 2.24) is 0 Å². The van der Waals surface area contributed by atoms with Crippen LogP contribution >= 0.6 is 0 Å². The molecule has 0 bridgehead atoms. The number of anilines is 2. The minimum Gasteiger partial charge on any atom is -0.542 e. The first-order valence-corrected chi connectivity index (χ1v) is 8.61. The van der Waals surface area contributed by atoms with Crippen LogP contribution in [-0.4, -0.2) is 24.1 Å². The van der Waals surface area contributed by atoms with E-state index in [2.05, 4.69) is 16.7 Å². The predicted molar refractivity (Wildman–Crippen MR) is 103 cm³/mol. The van der Waals surface area contributed by atoms with Crippen LogP contribution in [-0.2, 0) is 4.79 Å². The lowest BCUT2D eigenvalue weighted by molar-refractivity contribution is -0.344. The van der Waals surface area contributed by atoms with Crippen molar-refractivity contribution < 1.29 is 37.8 Å². The summed E-state index contributed by atoms with van der Waals surface area (Å²) < 4.78 is 31.5. The molecule has 11 heteroatoms. The number of nitrogens with one attached hydrogen (secondary N) is 2. The quantitative estimate of drug-likeness (QED) is 0.633. The first-order valence-electron chi connectivity index (χ1n) is 8.61. The number of alkyl halides is 3. The number of carbonyl (C=O) groups is 3. The van der Waals surface area contributed by atoms with Gasteiger partial charge in [-0.2, -0.15) is 18.4 Å². The molecule has 0 aliphatic heterocycles. The summed E-state index contributed by atoms with van der Waals surface area (Å²) in [6.45, 7) is 0. The van der Waals surface area contributed by atoms with E-state index in [-0.39, 0.29) is 5.91 Å². The van der Waals surface area contributed by atoms with E-state index in [1.807, 2.05) is 18.2 Å². The zero-order chi connectivity index (χ0) is 23.9. The smallest absolute Gasteiger partial charge is 0.430 e. The topological polar surface area (TPSA) is 145 Å². The van der Waals surface area contributed by atoms with Gasteiger partial charge in [0.1, 0.15) is 12.1 Å². The number of benzene rings is 3. The van der Waals surface area contributed by atoms with E-state index >= 15 is 0 Å². The second-order valence-electron chi connectivity index (χ2n) is 6.12. The Morgan fingerprint density at radius 1 is 0.812 bits per heavy atom. The van der Waals surface area contributed by atoms with Gasteiger partial charge in [0.05, 0.1) is 11.6 Å². The first-order chi connectivity index (χ1) is 15.0. The lowest BCUT2D eigenvalue weighted by Gasteiger charge is -2.09. The van der Waals surface area contributed by atoms with E-state index in [1.165, 1.54) is 24.3 Å². The van der Waals surface area contributed by atoms with Crippen LogP contribution in [0.3, 0.4) is 0 Å². The van der Waals surface area contributed by atoms with Gasteiger partial charge in [-0.15, -0.1) is 0 Å². The second-order valence-corrected chi connectivity index (χ2v) is 6.12. The lowest BCUT2D eigenvalue weighted by atomic mass is 10.1. The van der Waals surface area contributed by atoms with Crippen LogP contribution in [0, 0.1) is 11.3 Å². The first kappa shape index (κ1) is 23.7. The Balaban J connectivity index is 0.000000451. The van der Waals surface area contributed by atoms with E-state index in [0.717, 1.165) is 10.8 Å². The number of nitrogens with zero attached hydrogens (tertiary/aromatic N) is 1. The van der Waals surface area contributed by atoms with Gasteiger partial charge in [-0.05, 0) is 59.3 Å². The van der Waals surface area contributed by atoms with Crippen LogP contribution in [0.4, 0.5) is 29.3 Å². The van der Waals surface area contributed by atoms with Crippen molar-refractivity contribution in [3.05, 3.63) is 71.8 Å². The Morgan fingerprint density at radius 3 is 1.88 bits per heavy atom. The van der Waals surface area contributed by atoms with Gasteiger partial charge in [0, 0.05) is 16.9 Å². The summed E-state index contributed by atoms with van der Waals surface area (Å²) in [5.74, 6) is -3.32. The third kappa shape index (κ3) is 6.74. The fraction of sp³-hybridized carbons (Fsp3) is 0.0476. The molecule has 0 aliphatic carbocycles. The van der Waals surface area contributed by atoms with Gasteiger partial charge in [-0.1, -0.05) is 12.1 Å². The lowest BCUT2D eigenvalue weighted by Crippen LogP contribution is -2.37. The molecule has 0 atom stereocenters. The Morgan fingerprint density at radius 2 is 1.34 bits per heavy atom. The fourth-order valence-electron chi connectivity index (χ4n) is 2.42. The average Bonchev–Trinajstić information content (AvgIpc) is 2.73. The van der Waals surface area contributed by atoms with Crippen LogP contribution in [0.2, 0.25) is 0 Å². The van der Waals surface area contributed by atoms with Gasteiger partial charge < -0.3 is 30.4 Å². The highest BCUT2D eigenvalue weighted by Crippen LogP contribution is 2.21. The molecule has 3 aromatic carbocycles. The summed E-state index contributed by atoms with van der Waals surface area (Å²) in [6.07, 6.45) is -6.60. The summed E-state index contributed by atoms with van der Waals surface area (Å²) in [6, 6.07) is 18.8. The van der Waals surface area contributed by atoms with Crippen LogP contribution in [0.5, 0.6) is 0 Å². The number of halogens is 3. The van der Waals surface area contributed by atoms with Gasteiger partial charge >= 0.3 is 6.18 Å². The maximum atomic E-state index is 12.3. The number of carboxylic acids is 1. The number of rotatable bonds is 3. The van der Waals surface area contributed by atoms with E-state index in [9.17, 15) is 27.9 Å². The fourth-order valence-corrected chi connectivity index (χ4v) is 2.42. The van der Waals surface area contributed by atoms with Crippen molar-refractivity contribution >= 4 is 40.1 Å². The third-order valence-electron chi connectivity index (χ3n) is 3.85. The Kier molecular flexibility index (Phi) is 7.36. The minimum absolute atomic E-state index is 0.312. The highest BCUT2D eigenvalue weighted by atomic mass is 19.4. The summed E-state index contributed by atoms with van der Waals surface area (Å²) in [5.41, 5.74) is 1.92. The number of fused-ring (bicyclic) bond motifs is 1. The maximum absolute atomic E-state index is 12.3. The van der Waals surface area contributed by atoms with Gasteiger partial charge in [0.15, 0.2) is 0 Å². The van der Waals surface area contributed by atoms with Crippen molar-refractivity contribution in [2.45, 2.75) is 6.18 Å². The monoisotopic (exact) mass is 443 g/mol. The summed E-state index contributed by atoms with van der Waals surface area (Å²) >= 11 is 0. The predicted octanol–water partition coefficient (Wildman–Crippen LogP) is 2.02. The zero-order valence-corrected chi connectivity index (χ0v) is 15.9. The van der Waals surface area contributed by atoms with Crippen molar-refractivity contribution in [2.75, 3.05) is 10.6 Å². The molecule has 8 nitrogen and oxygen atoms in total. The van der Waals surface area contributed by atoms with E-state index in [4.69, 9.17) is 15.2 Å². The number of aliphatic carboxylic acids is 1. The molecule has 0 heterocycles. The van der Waals surface area contributed by atoms with Gasteiger partial charge in [-0.3, -0.25) is 4.79 Å². The largest absolute Gasteiger partial charge is 0.542 e. The molecule has 0 aromatic heterocycles. The highest BCUT2D eigenvalue weighted by Gasteiger charge is 2.28. The van der Waals surface area contributed by atoms with Gasteiger partial charge in [0.2, 0.25) is 0 Å². The maximum Gasteiger partial charge on any atom is 0.430 e. The summed E-state index contributed by atoms with van der Waals surface area (Å²) in [4.78, 5) is 31.5. The summed E-state index contributed by atoms with van der Waals surface area (Å²) in [5, 5.41) is 34.9. The highest BCUT2D eigenvalue weighted by molar-refractivity contribution is 6.05. The van der Waals surface area contributed by atoms with E-state index < -0.39 is 18.2 Å². The van der Waals surface area contributed by atoms with E-state index in [0.29, 0.717) is 22.5 Å². The number of carboxylic acid groups (broad SMARTS) is 2. The second kappa shape index (κ2) is 9.94. The number of nitriles is 1. The number of hydrogen-bond donors (Lipinski definition) is 2. The standard InChI is InChI=1S/C19H13N3O3.C2HF3O2/c20-11-12-1-2-15-10-17(8-5-14(15)9-12)21-18(23)13-3-6-16(7-4-13)22-19(24)25;3-2(4,5)1(6)7/h1-10,22H,(H,21,23)(H,24,25);(H,6,7)/p-2. The van der Waals surface area contributed by atoms with Crippen LogP contribution in [0.1, 0.15) is 15.9 Å². The van der Waals surface area contributed by atoms with Crippen LogP contribution in [0.15, 0.2) is 60.7 Å². The molecule has 0 unspecified atom stereocenters. The van der Waals surface area contributed by atoms with Crippen molar-refractivity contribution in [1.29, 1.82) is 5.26 Å². The SMILES string of the molecule is N#Cc1ccc2cc(NC(=O)c3ccc(NC(=O)[O-])cc3)ccc2c1.O=C([O-])C(F)(F)F. The molecule has 0 fully saturated rings. The molecule has 3 aromatic rings. The normalized spacial score (nSPS) is 10.3. The molecule has 0 radical (unpaired) electrons. The molecule has 0 aliphatic rings. The molecule has 32 heavy (non-hydrogen) atoms. The molecule has 3 rings (SSSR count). The Hall–Kier alpha value is -4.59. The average molecular weight is 443 g/mol. The molecular formula is C21H12F3N3O5-2. The molecule has 2 N–H and O–H groups in total. The van der Waals surface area contributed by atoms with E-state index in [1.54, 1.807) is 18.2 Å². The molecular weight excluding hydrogens is 431 g/mol. The zero-order valence-electron chi connectivity index (χ0n) is 15.9. The van der Waals surface area contributed by atoms with Gasteiger partial charge in [0.25, 0.3) is 5.91 Å². The molecule has 0 saturated heterocycles. The Labute approximate surface area is 178 Å². The van der Waals surface area contributed by atoms with Gasteiger partial charge in [-0.25, -0.2) is 0 Å². The number of carbonyl (C=O) groups excluding carboxylic acids is 3. The Bertz CT molecular complexity index is 1200. The minimum atomic E-state index is -5.19. The van der Waals surface area contributed by atoms with Crippen LogP contribution in [0.25, 0.3) is 10.8 Å². The molecule has 0 spiro atoms. The third-order valence-corrected chi connectivity index (χ3v) is 3.85. The van der Waals surface area contributed by atoms with Crippen molar-refractivity contribution in [3.63, 3.8) is 0 Å². The number of amides is 2. The van der Waals surface area contributed by atoms with Crippen LogP contribution < -0.4 is 20.8 Å².